The van der Waals surface area contributed by atoms with Gasteiger partial charge in [-0.3, -0.25) is 4.79 Å². The van der Waals surface area contributed by atoms with Crippen LogP contribution in [0.5, 0.6) is 5.75 Å². The van der Waals surface area contributed by atoms with Crippen LogP contribution in [-0.4, -0.2) is 54.7 Å². The molecule has 1 aromatic carbocycles. The third-order valence-corrected chi connectivity index (χ3v) is 5.93. The number of likely N-dealkylation sites (tertiary alicyclic amines) is 1. The van der Waals surface area contributed by atoms with Crippen LogP contribution in [0, 0.1) is 0 Å². The van der Waals surface area contributed by atoms with Crippen molar-refractivity contribution < 1.29 is 9.53 Å². The van der Waals surface area contributed by atoms with Gasteiger partial charge in [0.2, 0.25) is 5.91 Å². The predicted octanol–water partition coefficient (Wildman–Crippen LogP) is 3.15. The largest absolute Gasteiger partial charge is 0.496 e. The molecule has 1 amide bonds. The molecular weight excluding hydrogens is 308 g/mol. The standard InChI is InChI=1S/C18H26N2O2S/c1-22-16-9-4-3-8-15(16)18-20(17(21)14-23-18)13-7-12-19-10-5-2-6-11-19/h3-4,8-9,18H,2,5-7,10-14H2,1H3. The van der Waals surface area contributed by atoms with Gasteiger partial charge in [0.25, 0.3) is 0 Å². The lowest BCUT2D eigenvalue weighted by Crippen LogP contribution is -2.34. The first-order chi connectivity index (χ1) is 11.3. The van der Waals surface area contributed by atoms with Crippen molar-refractivity contribution in [2.45, 2.75) is 31.1 Å². The van der Waals surface area contributed by atoms with Crippen LogP contribution in [0.25, 0.3) is 0 Å². The van der Waals surface area contributed by atoms with E-state index in [1.807, 2.05) is 23.1 Å². The van der Waals surface area contributed by atoms with E-state index in [4.69, 9.17) is 4.74 Å². The summed E-state index contributed by atoms with van der Waals surface area (Å²) in [4.78, 5) is 16.9. The summed E-state index contributed by atoms with van der Waals surface area (Å²) in [6, 6.07) is 8.05. The SMILES string of the molecule is COc1ccccc1C1SCC(=O)N1CCCN1CCCCC1. The molecule has 3 rings (SSSR count). The fraction of sp³-hybridized carbons (Fsp3) is 0.611. The zero-order valence-corrected chi connectivity index (χ0v) is 14.7. The highest BCUT2D eigenvalue weighted by Crippen LogP contribution is 2.42. The van der Waals surface area contributed by atoms with E-state index in [0.29, 0.717) is 5.75 Å². The number of piperidine rings is 1. The van der Waals surface area contributed by atoms with E-state index < -0.39 is 0 Å². The van der Waals surface area contributed by atoms with Crippen molar-refractivity contribution in [1.29, 1.82) is 0 Å². The number of benzene rings is 1. The number of ether oxygens (including phenoxy) is 1. The van der Waals surface area contributed by atoms with Gasteiger partial charge in [0.1, 0.15) is 11.1 Å². The van der Waals surface area contributed by atoms with Crippen molar-refractivity contribution in [1.82, 2.24) is 9.80 Å². The van der Waals surface area contributed by atoms with E-state index in [-0.39, 0.29) is 11.3 Å². The number of carbonyl (C=O) groups excluding carboxylic acids is 1. The Kier molecular flexibility index (Phi) is 5.84. The van der Waals surface area contributed by atoms with Crippen LogP contribution in [0.2, 0.25) is 0 Å². The molecule has 4 nitrogen and oxygen atoms in total. The Bertz CT molecular complexity index is 532. The van der Waals surface area contributed by atoms with Gasteiger partial charge in [-0.1, -0.05) is 24.6 Å². The number of para-hydroxylation sites is 1. The van der Waals surface area contributed by atoms with Gasteiger partial charge in [0.05, 0.1) is 12.9 Å². The first-order valence-electron chi connectivity index (χ1n) is 8.56. The first kappa shape index (κ1) is 16.7. The minimum Gasteiger partial charge on any atom is -0.496 e. The number of carbonyl (C=O) groups is 1. The highest BCUT2D eigenvalue weighted by Gasteiger charge is 2.34. The third-order valence-electron chi connectivity index (χ3n) is 4.70. The van der Waals surface area contributed by atoms with Gasteiger partial charge in [0, 0.05) is 12.1 Å². The molecule has 23 heavy (non-hydrogen) atoms. The van der Waals surface area contributed by atoms with Gasteiger partial charge < -0.3 is 14.5 Å². The summed E-state index contributed by atoms with van der Waals surface area (Å²) in [5, 5.41) is 0.0972. The number of nitrogens with zero attached hydrogens (tertiary/aromatic N) is 2. The lowest BCUT2D eigenvalue weighted by Gasteiger charge is -2.29. The van der Waals surface area contributed by atoms with E-state index in [9.17, 15) is 4.79 Å². The van der Waals surface area contributed by atoms with Gasteiger partial charge in [-0.05, 0) is 45.0 Å². The van der Waals surface area contributed by atoms with Crippen LogP contribution >= 0.6 is 11.8 Å². The molecule has 0 N–H and O–H groups in total. The second kappa shape index (κ2) is 8.06. The number of amides is 1. The molecule has 2 saturated heterocycles. The smallest absolute Gasteiger partial charge is 0.233 e. The normalized spacial score (nSPS) is 22.6. The molecule has 2 heterocycles. The summed E-state index contributed by atoms with van der Waals surface area (Å²) < 4.78 is 5.48. The fourth-order valence-electron chi connectivity index (χ4n) is 3.47. The Morgan fingerprint density at radius 3 is 2.74 bits per heavy atom. The molecule has 2 aliphatic heterocycles. The minimum absolute atomic E-state index is 0.0972. The Balaban J connectivity index is 1.60. The number of hydrogen-bond donors (Lipinski definition) is 0. The molecule has 1 aromatic rings. The molecule has 0 bridgehead atoms. The summed E-state index contributed by atoms with van der Waals surface area (Å²) in [5.74, 6) is 1.71. The van der Waals surface area contributed by atoms with Crippen LogP contribution in [0.3, 0.4) is 0 Å². The van der Waals surface area contributed by atoms with Crippen LogP contribution in [-0.2, 0) is 4.79 Å². The monoisotopic (exact) mass is 334 g/mol. The van der Waals surface area contributed by atoms with E-state index in [2.05, 4.69) is 11.0 Å². The van der Waals surface area contributed by atoms with E-state index in [1.54, 1.807) is 18.9 Å². The number of rotatable bonds is 6. The Labute approximate surface area is 143 Å². The van der Waals surface area contributed by atoms with Crippen molar-refractivity contribution >= 4 is 17.7 Å². The van der Waals surface area contributed by atoms with Crippen molar-refractivity contribution in [3.63, 3.8) is 0 Å². The van der Waals surface area contributed by atoms with Crippen LogP contribution in [0.4, 0.5) is 0 Å². The van der Waals surface area contributed by atoms with Gasteiger partial charge in [0.15, 0.2) is 0 Å². The van der Waals surface area contributed by atoms with Crippen molar-refractivity contribution in [3.05, 3.63) is 29.8 Å². The molecule has 2 aliphatic rings. The average molecular weight is 334 g/mol. The van der Waals surface area contributed by atoms with E-state index >= 15 is 0 Å². The van der Waals surface area contributed by atoms with Gasteiger partial charge in [-0.2, -0.15) is 0 Å². The molecule has 0 saturated carbocycles. The van der Waals surface area contributed by atoms with Crippen LogP contribution < -0.4 is 4.74 Å². The van der Waals surface area contributed by atoms with Crippen LogP contribution in [0.15, 0.2) is 24.3 Å². The Morgan fingerprint density at radius 1 is 1.17 bits per heavy atom. The molecule has 1 atom stereocenters. The van der Waals surface area contributed by atoms with Crippen molar-refractivity contribution in [3.8, 4) is 5.75 Å². The zero-order chi connectivity index (χ0) is 16.1. The highest BCUT2D eigenvalue weighted by atomic mass is 32.2. The lowest BCUT2D eigenvalue weighted by atomic mass is 10.1. The van der Waals surface area contributed by atoms with E-state index in [1.165, 1.54) is 32.4 Å². The predicted molar refractivity (Wildman–Crippen MR) is 94.8 cm³/mol. The molecular formula is C18H26N2O2S. The summed E-state index contributed by atoms with van der Waals surface area (Å²) in [6.45, 7) is 4.38. The third kappa shape index (κ3) is 4.01. The Morgan fingerprint density at radius 2 is 1.96 bits per heavy atom. The Hall–Kier alpha value is -1.20. The van der Waals surface area contributed by atoms with Crippen molar-refractivity contribution in [2.75, 3.05) is 39.0 Å². The van der Waals surface area contributed by atoms with E-state index in [0.717, 1.165) is 30.8 Å². The summed E-state index contributed by atoms with van der Waals surface area (Å²) in [5.41, 5.74) is 1.11. The van der Waals surface area contributed by atoms with Gasteiger partial charge in [-0.15, -0.1) is 11.8 Å². The number of hydrogen-bond acceptors (Lipinski definition) is 4. The minimum atomic E-state index is 0.0972. The molecule has 126 valence electrons. The number of methoxy groups -OCH3 is 1. The molecule has 1 unspecified atom stereocenters. The second-order valence-electron chi connectivity index (χ2n) is 6.25. The molecule has 0 radical (unpaired) electrons. The average Bonchev–Trinajstić information content (AvgIpc) is 2.96. The lowest BCUT2D eigenvalue weighted by molar-refractivity contribution is -0.128. The summed E-state index contributed by atoms with van der Waals surface area (Å²) in [6.07, 6.45) is 5.07. The zero-order valence-electron chi connectivity index (χ0n) is 13.9. The molecule has 0 aliphatic carbocycles. The van der Waals surface area contributed by atoms with Gasteiger partial charge in [-0.25, -0.2) is 0 Å². The molecule has 0 aromatic heterocycles. The molecule has 2 fully saturated rings. The first-order valence-corrected chi connectivity index (χ1v) is 9.61. The highest BCUT2D eigenvalue weighted by molar-refractivity contribution is 8.00. The second-order valence-corrected chi connectivity index (χ2v) is 7.32. The quantitative estimate of drug-likeness (QED) is 0.800. The topological polar surface area (TPSA) is 32.8 Å². The maximum atomic E-state index is 12.3. The van der Waals surface area contributed by atoms with Crippen LogP contribution in [0.1, 0.15) is 36.6 Å². The number of thioether (sulfide) groups is 1. The summed E-state index contributed by atoms with van der Waals surface area (Å²) in [7, 11) is 1.70. The maximum Gasteiger partial charge on any atom is 0.233 e. The fourth-order valence-corrected chi connectivity index (χ4v) is 4.72. The van der Waals surface area contributed by atoms with Crippen molar-refractivity contribution in [2.24, 2.45) is 0 Å². The van der Waals surface area contributed by atoms with Gasteiger partial charge >= 0.3 is 0 Å². The molecule has 5 heteroatoms. The summed E-state index contributed by atoms with van der Waals surface area (Å²) >= 11 is 1.71. The molecule has 0 spiro atoms. The maximum absolute atomic E-state index is 12.3.